The van der Waals surface area contributed by atoms with Crippen molar-refractivity contribution in [1.82, 2.24) is 4.98 Å². The summed E-state index contributed by atoms with van der Waals surface area (Å²) in [4.78, 5) is 4.19. The fraction of sp³-hybridized carbons (Fsp3) is 0.214. The van der Waals surface area contributed by atoms with Crippen LogP contribution in [0.15, 0.2) is 41.0 Å². The van der Waals surface area contributed by atoms with Crippen LogP contribution < -0.4 is 9.47 Å². The van der Waals surface area contributed by atoms with Crippen LogP contribution in [0.2, 0.25) is 0 Å². The predicted molar refractivity (Wildman–Crippen MR) is 74.0 cm³/mol. The van der Waals surface area contributed by atoms with E-state index in [9.17, 15) is 0 Å². The molecule has 18 heavy (non-hydrogen) atoms. The second-order valence-electron chi connectivity index (χ2n) is 3.91. The summed E-state index contributed by atoms with van der Waals surface area (Å²) in [6.45, 7) is 2.50. The number of ether oxygens (including phenoxy) is 2. The number of aromatic nitrogens is 1. The second kappa shape index (κ2) is 5.87. The minimum Gasteiger partial charge on any atom is -0.497 e. The van der Waals surface area contributed by atoms with E-state index in [0.717, 1.165) is 21.3 Å². The number of nitrogens with zero attached hydrogens (tertiary/aromatic N) is 1. The predicted octanol–water partition coefficient (Wildman–Crippen LogP) is 3.74. The zero-order valence-corrected chi connectivity index (χ0v) is 11.9. The molecule has 2 rings (SSSR count). The van der Waals surface area contributed by atoms with Crippen LogP contribution in [0.3, 0.4) is 0 Å². The van der Waals surface area contributed by atoms with Gasteiger partial charge in [0.25, 0.3) is 0 Å². The molecule has 2 aromatic rings. The first kappa shape index (κ1) is 12.9. The first-order chi connectivity index (χ1) is 8.69. The number of hydrogen-bond donors (Lipinski definition) is 0. The largest absolute Gasteiger partial charge is 0.497 e. The van der Waals surface area contributed by atoms with Crippen LogP contribution in [0.1, 0.15) is 11.1 Å². The highest BCUT2D eigenvalue weighted by Gasteiger charge is 2.01. The maximum absolute atomic E-state index is 5.63. The summed E-state index contributed by atoms with van der Waals surface area (Å²) in [5.41, 5.74) is 2.19. The Bertz CT molecular complexity index is 526. The molecule has 0 amide bonds. The van der Waals surface area contributed by atoms with E-state index in [4.69, 9.17) is 9.47 Å². The van der Waals surface area contributed by atoms with Gasteiger partial charge in [-0.3, -0.25) is 0 Å². The van der Waals surface area contributed by atoms with E-state index in [0.29, 0.717) is 12.5 Å². The number of aryl methyl sites for hydroxylation is 1. The fourth-order valence-corrected chi connectivity index (χ4v) is 1.69. The molecule has 0 aliphatic carbocycles. The molecule has 1 heterocycles. The lowest BCUT2D eigenvalue weighted by atomic mass is 10.2. The van der Waals surface area contributed by atoms with Crippen LogP contribution in [0.25, 0.3) is 0 Å². The lowest BCUT2D eigenvalue weighted by Gasteiger charge is -2.07. The Balaban J connectivity index is 1.99. The fourth-order valence-electron chi connectivity index (χ4n) is 1.47. The van der Waals surface area contributed by atoms with Crippen molar-refractivity contribution in [2.45, 2.75) is 13.5 Å². The average Bonchev–Trinajstić information content (AvgIpc) is 2.41. The van der Waals surface area contributed by atoms with Crippen molar-refractivity contribution in [1.29, 1.82) is 0 Å². The summed E-state index contributed by atoms with van der Waals surface area (Å²) in [5, 5.41) is 0. The van der Waals surface area contributed by atoms with E-state index in [1.807, 2.05) is 37.3 Å². The van der Waals surface area contributed by atoms with Crippen molar-refractivity contribution in [3.05, 3.63) is 52.1 Å². The quantitative estimate of drug-likeness (QED) is 0.862. The summed E-state index contributed by atoms with van der Waals surface area (Å²) < 4.78 is 11.7. The van der Waals surface area contributed by atoms with Gasteiger partial charge in [-0.2, -0.15) is 0 Å². The number of rotatable bonds is 4. The highest BCUT2D eigenvalue weighted by molar-refractivity contribution is 9.10. The molecule has 0 unspecified atom stereocenters. The first-order valence-electron chi connectivity index (χ1n) is 5.57. The van der Waals surface area contributed by atoms with Crippen molar-refractivity contribution in [2.75, 3.05) is 7.11 Å². The van der Waals surface area contributed by atoms with Crippen LogP contribution in [-0.4, -0.2) is 12.1 Å². The molecule has 0 bridgehead atoms. The van der Waals surface area contributed by atoms with E-state index in [1.54, 1.807) is 13.3 Å². The smallest absolute Gasteiger partial charge is 0.213 e. The topological polar surface area (TPSA) is 31.4 Å². The Morgan fingerprint density at radius 3 is 2.56 bits per heavy atom. The summed E-state index contributed by atoms with van der Waals surface area (Å²) in [7, 11) is 1.65. The molecule has 0 saturated heterocycles. The molecule has 0 fully saturated rings. The van der Waals surface area contributed by atoms with Crippen molar-refractivity contribution in [3.63, 3.8) is 0 Å². The SMILES string of the molecule is COc1ccc(COc2cc(C)c(Br)cn2)cc1. The van der Waals surface area contributed by atoms with E-state index >= 15 is 0 Å². The molecule has 0 saturated carbocycles. The van der Waals surface area contributed by atoms with Crippen molar-refractivity contribution < 1.29 is 9.47 Å². The van der Waals surface area contributed by atoms with Gasteiger partial charge < -0.3 is 9.47 Å². The number of methoxy groups -OCH3 is 1. The van der Waals surface area contributed by atoms with Crippen molar-refractivity contribution in [2.24, 2.45) is 0 Å². The molecule has 0 aliphatic heterocycles. The van der Waals surface area contributed by atoms with Gasteiger partial charge in [-0.25, -0.2) is 4.98 Å². The summed E-state index contributed by atoms with van der Waals surface area (Å²) in [6.07, 6.45) is 1.75. The molecule has 0 spiro atoms. The van der Waals surface area contributed by atoms with Crippen LogP contribution in [0, 0.1) is 6.92 Å². The maximum atomic E-state index is 5.63. The molecule has 3 nitrogen and oxygen atoms in total. The number of pyridine rings is 1. The monoisotopic (exact) mass is 307 g/mol. The first-order valence-corrected chi connectivity index (χ1v) is 6.36. The molecule has 94 valence electrons. The Hall–Kier alpha value is -1.55. The zero-order chi connectivity index (χ0) is 13.0. The third-order valence-corrected chi connectivity index (χ3v) is 3.40. The Kier molecular flexibility index (Phi) is 4.20. The van der Waals surface area contributed by atoms with Gasteiger partial charge in [-0.1, -0.05) is 12.1 Å². The lowest BCUT2D eigenvalue weighted by Crippen LogP contribution is -1.97. The van der Waals surface area contributed by atoms with Crippen molar-refractivity contribution in [3.8, 4) is 11.6 Å². The standard InChI is InChI=1S/C14H14BrNO2/c1-10-7-14(16-8-13(10)15)18-9-11-3-5-12(17-2)6-4-11/h3-8H,9H2,1-2H3. The Labute approximate surface area is 115 Å². The van der Waals surface area contributed by atoms with Crippen LogP contribution >= 0.6 is 15.9 Å². The second-order valence-corrected chi connectivity index (χ2v) is 4.76. The number of halogens is 1. The summed E-state index contributed by atoms with van der Waals surface area (Å²) >= 11 is 3.41. The van der Waals surface area contributed by atoms with Gasteiger partial charge in [-0.15, -0.1) is 0 Å². The maximum Gasteiger partial charge on any atom is 0.213 e. The van der Waals surface area contributed by atoms with E-state index in [2.05, 4.69) is 20.9 Å². The van der Waals surface area contributed by atoms with Gasteiger partial charge in [0.05, 0.1) is 7.11 Å². The number of hydrogen-bond acceptors (Lipinski definition) is 3. The molecule has 4 heteroatoms. The minimum atomic E-state index is 0.498. The molecular weight excluding hydrogens is 294 g/mol. The molecule has 0 N–H and O–H groups in total. The molecule has 1 aromatic heterocycles. The average molecular weight is 308 g/mol. The molecular formula is C14H14BrNO2. The number of benzene rings is 1. The Morgan fingerprint density at radius 1 is 1.22 bits per heavy atom. The van der Waals surface area contributed by atoms with Gasteiger partial charge >= 0.3 is 0 Å². The molecule has 0 radical (unpaired) electrons. The van der Waals surface area contributed by atoms with Gasteiger partial charge in [0.15, 0.2) is 0 Å². The van der Waals surface area contributed by atoms with Crippen LogP contribution in [-0.2, 0) is 6.61 Å². The van der Waals surface area contributed by atoms with E-state index < -0.39 is 0 Å². The van der Waals surface area contributed by atoms with E-state index in [1.165, 1.54) is 0 Å². The van der Waals surface area contributed by atoms with Gasteiger partial charge in [0.2, 0.25) is 5.88 Å². The third-order valence-electron chi connectivity index (χ3n) is 2.57. The lowest BCUT2D eigenvalue weighted by molar-refractivity contribution is 0.293. The third kappa shape index (κ3) is 3.23. The molecule has 0 aliphatic rings. The summed E-state index contributed by atoms with van der Waals surface area (Å²) in [5.74, 6) is 1.47. The molecule has 0 atom stereocenters. The minimum absolute atomic E-state index is 0.498. The van der Waals surface area contributed by atoms with Crippen LogP contribution in [0.4, 0.5) is 0 Å². The van der Waals surface area contributed by atoms with Crippen LogP contribution in [0.5, 0.6) is 11.6 Å². The highest BCUT2D eigenvalue weighted by atomic mass is 79.9. The highest BCUT2D eigenvalue weighted by Crippen LogP contribution is 2.19. The molecule has 1 aromatic carbocycles. The van der Waals surface area contributed by atoms with Crippen molar-refractivity contribution >= 4 is 15.9 Å². The van der Waals surface area contributed by atoms with Gasteiger partial charge in [-0.05, 0) is 46.1 Å². The zero-order valence-electron chi connectivity index (χ0n) is 10.3. The van der Waals surface area contributed by atoms with Gasteiger partial charge in [0, 0.05) is 16.7 Å². The normalized spacial score (nSPS) is 10.2. The Morgan fingerprint density at radius 2 is 1.94 bits per heavy atom. The van der Waals surface area contributed by atoms with E-state index in [-0.39, 0.29) is 0 Å². The van der Waals surface area contributed by atoms with Gasteiger partial charge in [0.1, 0.15) is 12.4 Å². The summed E-state index contributed by atoms with van der Waals surface area (Å²) in [6, 6.07) is 9.70.